The van der Waals surface area contributed by atoms with Crippen LogP contribution in [0.4, 0.5) is 0 Å². The summed E-state index contributed by atoms with van der Waals surface area (Å²) in [5.41, 5.74) is 5.33. The highest BCUT2D eigenvalue weighted by Gasteiger charge is 2.22. The van der Waals surface area contributed by atoms with Gasteiger partial charge in [-0.15, -0.1) is 0 Å². The molecule has 120 valence electrons. The summed E-state index contributed by atoms with van der Waals surface area (Å²) in [6, 6.07) is 5.93. The lowest BCUT2D eigenvalue weighted by Gasteiger charge is -2.27. The van der Waals surface area contributed by atoms with Crippen molar-refractivity contribution >= 4 is 17.8 Å². The second-order valence-corrected chi connectivity index (χ2v) is 4.86. The van der Waals surface area contributed by atoms with E-state index in [0.717, 1.165) is 0 Å². The lowest BCUT2D eigenvalue weighted by Crippen LogP contribution is -2.41. The average molecular weight is 308 g/mol. The fraction of sp³-hybridized carbons (Fsp3) is 0.400. The van der Waals surface area contributed by atoms with E-state index in [2.05, 4.69) is 0 Å². The van der Waals surface area contributed by atoms with Gasteiger partial charge in [0.15, 0.2) is 6.61 Å². The third kappa shape index (κ3) is 5.08. The maximum atomic E-state index is 12.4. The van der Waals surface area contributed by atoms with Crippen LogP contribution in [-0.4, -0.2) is 47.0 Å². The number of nitrogens with zero attached hydrogens (tertiary/aromatic N) is 1. The van der Waals surface area contributed by atoms with Gasteiger partial charge >= 0.3 is 5.97 Å². The van der Waals surface area contributed by atoms with Crippen molar-refractivity contribution in [1.29, 1.82) is 0 Å². The topological polar surface area (TPSA) is 110 Å². The van der Waals surface area contributed by atoms with Gasteiger partial charge in [0, 0.05) is 11.6 Å². The van der Waals surface area contributed by atoms with Crippen LogP contribution in [0.5, 0.6) is 5.75 Å². The minimum atomic E-state index is -1.06. The predicted octanol–water partition coefficient (Wildman–Crippen LogP) is 0.876. The number of carboxylic acids is 1. The van der Waals surface area contributed by atoms with Gasteiger partial charge in [0.2, 0.25) is 0 Å². The number of hydrogen-bond acceptors (Lipinski definition) is 4. The standard InChI is InChI=1S/C15H20N2O5/c1-3-10(2)17(8-14(19)20)15(21)11-4-6-12(7-5-11)22-9-13(16)18/h4-7,10H,3,8-9H2,1-2H3,(H2,16,18)(H,19,20). The van der Waals surface area contributed by atoms with Gasteiger partial charge in [-0.25, -0.2) is 0 Å². The van der Waals surface area contributed by atoms with Crippen LogP contribution in [0.15, 0.2) is 24.3 Å². The molecule has 1 atom stereocenters. The van der Waals surface area contributed by atoms with Crippen molar-refractivity contribution in [3.63, 3.8) is 0 Å². The molecule has 0 saturated heterocycles. The molecule has 0 bridgehead atoms. The van der Waals surface area contributed by atoms with E-state index in [-0.39, 0.29) is 25.1 Å². The van der Waals surface area contributed by atoms with E-state index in [4.69, 9.17) is 15.6 Å². The number of primary amides is 1. The van der Waals surface area contributed by atoms with Crippen molar-refractivity contribution in [2.24, 2.45) is 5.73 Å². The van der Waals surface area contributed by atoms with E-state index in [1.54, 1.807) is 6.92 Å². The molecule has 0 heterocycles. The van der Waals surface area contributed by atoms with Crippen LogP contribution >= 0.6 is 0 Å². The molecule has 22 heavy (non-hydrogen) atoms. The van der Waals surface area contributed by atoms with Gasteiger partial charge in [-0.05, 0) is 37.6 Å². The molecule has 7 nitrogen and oxygen atoms in total. The molecule has 2 amide bonds. The zero-order chi connectivity index (χ0) is 16.7. The van der Waals surface area contributed by atoms with E-state index in [9.17, 15) is 14.4 Å². The molecule has 1 unspecified atom stereocenters. The monoisotopic (exact) mass is 308 g/mol. The summed E-state index contributed by atoms with van der Waals surface area (Å²) in [5.74, 6) is -1.61. The fourth-order valence-electron chi connectivity index (χ4n) is 1.81. The van der Waals surface area contributed by atoms with E-state index < -0.39 is 11.9 Å². The third-order valence-corrected chi connectivity index (χ3v) is 3.17. The molecule has 1 aromatic rings. The molecular formula is C15H20N2O5. The Bertz CT molecular complexity index is 541. The highest BCUT2D eigenvalue weighted by Crippen LogP contribution is 2.15. The highest BCUT2D eigenvalue weighted by atomic mass is 16.5. The molecule has 1 aromatic carbocycles. The summed E-state index contributed by atoms with van der Waals surface area (Å²) in [6.45, 7) is 3.08. The normalized spacial score (nSPS) is 11.5. The van der Waals surface area contributed by atoms with E-state index in [1.165, 1.54) is 29.2 Å². The third-order valence-electron chi connectivity index (χ3n) is 3.17. The first-order valence-electron chi connectivity index (χ1n) is 6.89. The Morgan fingerprint density at radius 2 is 1.86 bits per heavy atom. The van der Waals surface area contributed by atoms with Gasteiger partial charge in [0.1, 0.15) is 12.3 Å². The Balaban J connectivity index is 2.85. The molecule has 7 heteroatoms. The number of nitrogens with two attached hydrogens (primary N) is 1. The summed E-state index contributed by atoms with van der Waals surface area (Å²) in [4.78, 5) is 35.3. The first kappa shape index (κ1) is 17.5. The molecule has 0 aliphatic heterocycles. The van der Waals surface area contributed by atoms with Crippen LogP contribution in [0.2, 0.25) is 0 Å². The Kier molecular flexibility index (Phi) is 6.37. The van der Waals surface area contributed by atoms with Gasteiger partial charge in [0.05, 0.1) is 0 Å². The smallest absolute Gasteiger partial charge is 0.323 e. The van der Waals surface area contributed by atoms with Crippen LogP contribution in [0.3, 0.4) is 0 Å². The first-order chi connectivity index (χ1) is 10.3. The van der Waals surface area contributed by atoms with Crippen molar-refractivity contribution in [1.82, 2.24) is 4.90 Å². The van der Waals surface area contributed by atoms with Crippen LogP contribution < -0.4 is 10.5 Å². The Morgan fingerprint density at radius 3 is 2.32 bits per heavy atom. The summed E-state index contributed by atoms with van der Waals surface area (Å²) >= 11 is 0. The maximum absolute atomic E-state index is 12.4. The van der Waals surface area contributed by atoms with Crippen LogP contribution in [-0.2, 0) is 9.59 Å². The van der Waals surface area contributed by atoms with Gasteiger partial charge in [-0.1, -0.05) is 6.92 Å². The Morgan fingerprint density at radius 1 is 1.27 bits per heavy atom. The number of hydrogen-bond donors (Lipinski definition) is 2. The van der Waals surface area contributed by atoms with Crippen LogP contribution in [0.25, 0.3) is 0 Å². The van der Waals surface area contributed by atoms with Crippen molar-refractivity contribution in [2.75, 3.05) is 13.2 Å². The summed E-state index contributed by atoms with van der Waals surface area (Å²) in [7, 11) is 0. The molecule has 0 spiro atoms. The zero-order valence-corrected chi connectivity index (χ0v) is 12.6. The maximum Gasteiger partial charge on any atom is 0.323 e. The second kappa shape index (κ2) is 8.02. The number of carboxylic acid groups (broad SMARTS) is 1. The fourth-order valence-corrected chi connectivity index (χ4v) is 1.81. The van der Waals surface area contributed by atoms with Gasteiger partial charge in [-0.3, -0.25) is 14.4 Å². The van der Waals surface area contributed by atoms with Crippen LogP contribution in [0.1, 0.15) is 30.6 Å². The van der Waals surface area contributed by atoms with Crippen LogP contribution in [0, 0.1) is 0 Å². The average Bonchev–Trinajstić information content (AvgIpc) is 2.49. The molecule has 0 aliphatic rings. The minimum absolute atomic E-state index is 0.186. The first-order valence-corrected chi connectivity index (χ1v) is 6.89. The summed E-state index contributed by atoms with van der Waals surface area (Å²) in [5, 5.41) is 8.93. The van der Waals surface area contributed by atoms with E-state index in [0.29, 0.717) is 17.7 Å². The molecule has 0 aromatic heterocycles. The lowest BCUT2D eigenvalue weighted by molar-refractivity contribution is -0.138. The lowest BCUT2D eigenvalue weighted by atomic mass is 10.1. The van der Waals surface area contributed by atoms with Crippen molar-refractivity contribution in [3.05, 3.63) is 29.8 Å². The molecule has 1 rings (SSSR count). The van der Waals surface area contributed by atoms with Gasteiger partial charge in [0.25, 0.3) is 11.8 Å². The zero-order valence-electron chi connectivity index (χ0n) is 12.6. The van der Waals surface area contributed by atoms with E-state index in [1.807, 2.05) is 6.92 Å². The van der Waals surface area contributed by atoms with Crippen molar-refractivity contribution in [3.8, 4) is 5.75 Å². The number of carbonyl (C=O) groups excluding carboxylic acids is 2. The number of ether oxygens (including phenoxy) is 1. The number of rotatable bonds is 8. The minimum Gasteiger partial charge on any atom is -0.484 e. The number of aliphatic carboxylic acids is 1. The molecule has 3 N–H and O–H groups in total. The van der Waals surface area contributed by atoms with Crippen molar-refractivity contribution in [2.45, 2.75) is 26.3 Å². The SMILES string of the molecule is CCC(C)N(CC(=O)O)C(=O)c1ccc(OCC(N)=O)cc1. The van der Waals surface area contributed by atoms with E-state index >= 15 is 0 Å². The van der Waals surface area contributed by atoms with Crippen molar-refractivity contribution < 1.29 is 24.2 Å². The molecule has 0 radical (unpaired) electrons. The Labute approximate surface area is 128 Å². The molecule has 0 aliphatic carbocycles. The summed E-state index contributed by atoms with van der Waals surface area (Å²) < 4.78 is 5.10. The number of amides is 2. The van der Waals surface area contributed by atoms with Gasteiger partial charge < -0.3 is 20.5 Å². The molecule has 0 fully saturated rings. The quantitative estimate of drug-likeness (QED) is 0.740. The largest absolute Gasteiger partial charge is 0.484 e. The molecular weight excluding hydrogens is 288 g/mol. The Hall–Kier alpha value is -2.57. The number of benzene rings is 1. The van der Waals surface area contributed by atoms with Gasteiger partial charge in [-0.2, -0.15) is 0 Å². The second-order valence-electron chi connectivity index (χ2n) is 4.86. The summed E-state index contributed by atoms with van der Waals surface area (Å²) in [6.07, 6.45) is 0.652. The molecule has 0 saturated carbocycles. The highest BCUT2D eigenvalue weighted by molar-refractivity contribution is 5.96. The number of carbonyl (C=O) groups is 3. The predicted molar refractivity (Wildman–Crippen MR) is 79.6 cm³/mol.